The predicted octanol–water partition coefficient (Wildman–Crippen LogP) is 4.78. The van der Waals surface area contributed by atoms with Gasteiger partial charge in [0.15, 0.2) is 17.4 Å². The minimum Gasteiger partial charge on any atom is -0.453 e. The Balaban J connectivity index is 2.34. The van der Waals surface area contributed by atoms with Gasteiger partial charge in [0, 0.05) is 16.1 Å². The van der Waals surface area contributed by atoms with Crippen LogP contribution < -0.4 is 10.5 Å². The van der Waals surface area contributed by atoms with Crippen LogP contribution in [0.1, 0.15) is 5.56 Å². The minimum atomic E-state index is -0.686. The van der Waals surface area contributed by atoms with Gasteiger partial charge < -0.3 is 15.7 Å². The number of nitrogens with zero attached hydrogens (tertiary/aromatic N) is 1. The van der Waals surface area contributed by atoms with Crippen LogP contribution in [0.15, 0.2) is 40.0 Å². The second-order valence-electron chi connectivity index (χ2n) is 3.93. The molecule has 0 saturated heterocycles. The Hall–Kier alpha value is -1.50. The molecule has 8 heteroatoms. The zero-order valence-electron chi connectivity index (χ0n) is 10.3. The fraction of sp³-hybridized carbons (Fsp3) is 0. The molecular weight excluding hydrogens is 386 g/mol. The Labute approximate surface area is 138 Å². The molecule has 0 amide bonds. The molecule has 0 saturated carbocycles. The molecule has 0 aliphatic rings. The highest BCUT2D eigenvalue weighted by atomic mass is 79.9. The SMILES string of the molecule is N/C(=N/O)c1ccc(Oc2cc(Cl)c(Br)cc2Cl)c(F)c1. The molecule has 21 heavy (non-hydrogen) atoms. The summed E-state index contributed by atoms with van der Waals surface area (Å²) in [5.74, 6) is -0.746. The first-order chi connectivity index (χ1) is 9.92. The van der Waals surface area contributed by atoms with Crippen molar-refractivity contribution in [1.29, 1.82) is 0 Å². The Morgan fingerprint density at radius 2 is 1.90 bits per heavy atom. The molecule has 0 atom stereocenters. The molecule has 0 spiro atoms. The van der Waals surface area contributed by atoms with Gasteiger partial charge in [0.05, 0.1) is 10.0 Å². The van der Waals surface area contributed by atoms with Gasteiger partial charge in [0.25, 0.3) is 0 Å². The average Bonchev–Trinajstić information content (AvgIpc) is 2.45. The lowest BCUT2D eigenvalue weighted by Crippen LogP contribution is -2.13. The van der Waals surface area contributed by atoms with Gasteiger partial charge in [-0.2, -0.15) is 0 Å². The van der Waals surface area contributed by atoms with Crippen LogP contribution in [0.3, 0.4) is 0 Å². The van der Waals surface area contributed by atoms with Gasteiger partial charge in [-0.3, -0.25) is 0 Å². The van der Waals surface area contributed by atoms with Crippen molar-refractivity contribution in [3.8, 4) is 11.5 Å². The summed E-state index contributed by atoms with van der Waals surface area (Å²) in [5, 5.41) is 12.0. The normalized spacial score (nSPS) is 11.5. The van der Waals surface area contributed by atoms with E-state index in [1.165, 1.54) is 18.2 Å². The van der Waals surface area contributed by atoms with E-state index in [-0.39, 0.29) is 27.9 Å². The molecule has 2 aromatic carbocycles. The molecule has 4 nitrogen and oxygen atoms in total. The fourth-order valence-corrected chi connectivity index (χ4v) is 2.33. The third kappa shape index (κ3) is 3.58. The number of ether oxygens (including phenoxy) is 1. The van der Waals surface area contributed by atoms with Crippen molar-refractivity contribution >= 4 is 45.0 Å². The molecule has 2 rings (SSSR count). The quantitative estimate of drug-likeness (QED) is 0.259. The highest BCUT2D eigenvalue weighted by Gasteiger charge is 2.12. The number of nitrogens with two attached hydrogens (primary N) is 1. The highest BCUT2D eigenvalue weighted by Crippen LogP contribution is 2.37. The molecule has 0 heterocycles. The maximum absolute atomic E-state index is 13.9. The monoisotopic (exact) mass is 392 g/mol. The van der Waals surface area contributed by atoms with Crippen molar-refractivity contribution in [1.82, 2.24) is 0 Å². The van der Waals surface area contributed by atoms with Crippen LogP contribution in [-0.4, -0.2) is 11.0 Å². The Bertz CT molecular complexity index is 726. The number of halogens is 4. The first kappa shape index (κ1) is 15.9. The number of rotatable bonds is 3. The van der Waals surface area contributed by atoms with Crippen LogP contribution in [0.5, 0.6) is 11.5 Å². The Morgan fingerprint density at radius 3 is 2.52 bits per heavy atom. The maximum atomic E-state index is 13.9. The highest BCUT2D eigenvalue weighted by molar-refractivity contribution is 9.10. The van der Waals surface area contributed by atoms with Crippen molar-refractivity contribution in [3.63, 3.8) is 0 Å². The van der Waals surface area contributed by atoms with E-state index in [1.54, 1.807) is 6.07 Å². The number of benzene rings is 2. The van der Waals surface area contributed by atoms with Crippen molar-refractivity contribution < 1.29 is 14.3 Å². The molecule has 2 aromatic rings. The summed E-state index contributed by atoms with van der Waals surface area (Å²) < 4.78 is 19.9. The summed E-state index contributed by atoms with van der Waals surface area (Å²) in [6.45, 7) is 0. The molecule has 0 aliphatic heterocycles. The molecule has 0 unspecified atom stereocenters. The van der Waals surface area contributed by atoms with Gasteiger partial charge in [-0.1, -0.05) is 28.4 Å². The Kier molecular flexibility index (Phi) is 4.92. The van der Waals surface area contributed by atoms with Gasteiger partial charge in [0.2, 0.25) is 0 Å². The third-order valence-corrected chi connectivity index (χ3v) is 4.02. The van der Waals surface area contributed by atoms with Crippen molar-refractivity contribution in [2.75, 3.05) is 0 Å². The van der Waals surface area contributed by atoms with Gasteiger partial charge >= 0.3 is 0 Å². The first-order valence-electron chi connectivity index (χ1n) is 5.52. The zero-order chi connectivity index (χ0) is 15.6. The van der Waals surface area contributed by atoms with Crippen LogP contribution >= 0.6 is 39.1 Å². The van der Waals surface area contributed by atoms with Crippen LogP contribution in [0, 0.1) is 5.82 Å². The van der Waals surface area contributed by atoms with E-state index in [0.717, 1.165) is 6.07 Å². The van der Waals surface area contributed by atoms with Gasteiger partial charge in [0.1, 0.15) is 5.75 Å². The van der Waals surface area contributed by atoms with Crippen molar-refractivity contribution in [2.24, 2.45) is 10.9 Å². The summed E-state index contributed by atoms with van der Waals surface area (Å²) in [4.78, 5) is 0. The molecule has 3 N–H and O–H groups in total. The van der Waals surface area contributed by atoms with Gasteiger partial charge in [-0.05, 0) is 40.2 Å². The molecule has 0 fully saturated rings. The minimum absolute atomic E-state index is 0.0650. The van der Waals surface area contributed by atoms with E-state index >= 15 is 0 Å². The fourth-order valence-electron chi connectivity index (χ4n) is 1.50. The smallest absolute Gasteiger partial charge is 0.170 e. The van der Waals surface area contributed by atoms with Crippen LogP contribution in [0.4, 0.5) is 4.39 Å². The lowest BCUT2D eigenvalue weighted by atomic mass is 10.2. The summed E-state index contributed by atoms with van der Waals surface area (Å²) in [7, 11) is 0. The molecule has 0 aliphatic carbocycles. The molecule has 0 bridgehead atoms. The van der Waals surface area contributed by atoms with Crippen LogP contribution in [-0.2, 0) is 0 Å². The zero-order valence-corrected chi connectivity index (χ0v) is 13.4. The standard InChI is InChI=1S/C13H8BrCl2FN2O2/c14-7-4-9(16)12(5-8(7)15)21-11-2-1-6(3-10(11)17)13(18)19-20/h1-5,20H,(H2,18,19). The van der Waals surface area contributed by atoms with Crippen molar-refractivity contribution in [2.45, 2.75) is 0 Å². The van der Waals surface area contributed by atoms with Gasteiger partial charge in [-0.25, -0.2) is 4.39 Å². The van der Waals surface area contributed by atoms with Crippen LogP contribution in [0.2, 0.25) is 10.0 Å². The topological polar surface area (TPSA) is 67.8 Å². The average molecular weight is 394 g/mol. The second kappa shape index (κ2) is 6.51. The third-order valence-electron chi connectivity index (χ3n) is 2.53. The van der Waals surface area contributed by atoms with E-state index in [0.29, 0.717) is 9.50 Å². The second-order valence-corrected chi connectivity index (χ2v) is 5.60. The predicted molar refractivity (Wildman–Crippen MR) is 83.1 cm³/mol. The Morgan fingerprint density at radius 1 is 1.19 bits per heavy atom. The maximum Gasteiger partial charge on any atom is 0.170 e. The summed E-state index contributed by atoms with van der Waals surface area (Å²) in [5.41, 5.74) is 5.60. The number of oxime groups is 1. The lowest BCUT2D eigenvalue weighted by Gasteiger charge is -2.10. The molecule has 110 valence electrons. The summed E-state index contributed by atoms with van der Waals surface area (Å²) in [6.07, 6.45) is 0. The largest absolute Gasteiger partial charge is 0.453 e. The summed E-state index contributed by atoms with van der Waals surface area (Å²) in [6, 6.07) is 6.88. The van der Waals surface area contributed by atoms with Crippen molar-refractivity contribution in [3.05, 3.63) is 56.2 Å². The number of hydrogen-bond donors (Lipinski definition) is 2. The van der Waals surface area contributed by atoms with E-state index in [4.69, 9.17) is 38.9 Å². The molecular formula is C13H8BrCl2FN2O2. The lowest BCUT2D eigenvalue weighted by molar-refractivity contribution is 0.318. The van der Waals surface area contributed by atoms with E-state index in [1.807, 2.05) is 0 Å². The summed E-state index contributed by atoms with van der Waals surface area (Å²) >= 11 is 15.2. The number of hydrogen-bond acceptors (Lipinski definition) is 3. The van der Waals surface area contributed by atoms with Crippen LogP contribution in [0.25, 0.3) is 0 Å². The molecule has 0 radical (unpaired) electrons. The van der Waals surface area contributed by atoms with Gasteiger partial charge in [-0.15, -0.1) is 0 Å². The van der Waals surface area contributed by atoms with E-state index in [2.05, 4.69) is 21.1 Å². The molecule has 0 aromatic heterocycles. The number of amidine groups is 1. The van der Waals surface area contributed by atoms with E-state index < -0.39 is 5.82 Å². The van der Waals surface area contributed by atoms with E-state index in [9.17, 15) is 4.39 Å². The first-order valence-corrected chi connectivity index (χ1v) is 7.07.